The molecule has 1 aliphatic carbocycles. The van der Waals surface area contributed by atoms with Crippen LogP contribution in [-0.4, -0.2) is 17.2 Å². The van der Waals surface area contributed by atoms with Gasteiger partial charge < -0.3 is 9.84 Å². The first-order valence-corrected chi connectivity index (χ1v) is 7.30. The molecule has 1 aromatic rings. The topological polar surface area (TPSA) is 46.5 Å². The minimum atomic E-state index is -0.910. The van der Waals surface area contributed by atoms with Gasteiger partial charge in [-0.25, -0.2) is 4.79 Å². The highest BCUT2D eigenvalue weighted by Gasteiger charge is 2.35. The third-order valence-corrected chi connectivity index (χ3v) is 4.00. The molecule has 0 heterocycles. The number of rotatable bonds is 4. The van der Waals surface area contributed by atoms with Crippen LogP contribution in [0.25, 0.3) is 0 Å². The average molecular weight is 276 g/mol. The van der Waals surface area contributed by atoms with Gasteiger partial charge >= 0.3 is 5.97 Å². The molecule has 20 heavy (non-hydrogen) atoms. The van der Waals surface area contributed by atoms with Crippen molar-refractivity contribution in [2.24, 2.45) is 11.3 Å². The van der Waals surface area contributed by atoms with Gasteiger partial charge in [-0.05, 0) is 36.2 Å². The third-order valence-electron chi connectivity index (χ3n) is 4.00. The van der Waals surface area contributed by atoms with Crippen molar-refractivity contribution in [1.29, 1.82) is 0 Å². The molecule has 3 unspecified atom stereocenters. The van der Waals surface area contributed by atoms with Crippen LogP contribution in [0, 0.1) is 11.3 Å². The molecule has 1 saturated carbocycles. The van der Waals surface area contributed by atoms with E-state index in [4.69, 9.17) is 4.74 Å². The lowest BCUT2D eigenvalue weighted by molar-refractivity contribution is -0.159. The second-order valence-electron chi connectivity index (χ2n) is 6.80. The van der Waals surface area contributed by atoms with E-state index < -0.39 is 12.1 Å². The Hall–Kier alpha value is -1.35. The normalized spacial score (nSPS) is 26.9. The molecule has 1 aliphatic rings. The minimum Gasteiger partial charge on any atom is -0.479 e. The number of ether oxygens (including phenoxy) is 1. The van der Waals surface area contributed by atoms with Gasteiger partial charge in [-0.2, -0.15) is 0 Å². The molecule has 0 bridgehead atoms. The number of carbonyl (C=O) groups is 1. The Morgan fingerprint density at radius 3 is 2.50 bits per heavy atom. The van der Waals surface area contributed by atoms with Gasteiger partial charge in [0.05, 0.1) is 6.10 Å². The van der Waals surface area contributed by atoms with Crippen LogP contribution in [0.2, 0.25) is 0 Å². The highest BCUT2D eigenvalue weighted by molar-refractivity contribution is 5.74. The van der Waals surface area contributed by atoms with Gasteiger partial charge in [-0.1, -0.05) is 51.1 Å². The fourth-order valence-electron chi connectivity index (χ4n) is 3.46. The minimum absolute atomic E-state index is 0.0232. The van der Waals surface area contributed by atoms with Crippen LogP contribution in [-0.2, 0) is 9.53 Å². The summed E-state index contributed by atoms with van der Waals surface area (Å²) in [7, 11) is 0. The molecule has 0 saturated heterocycles. The van der Waals surface area contributed by atoms with Crippen molar-refractivity contribution in [2.45, 2.75) is 52.2 Å². The van der Waals surface area contributed by atoms with Gasteiger partial charge in [-0.15, -0.1) is 0 Å². The first-order valence-electron chi connectivity index (χ1n) is 7.30. The Kier molecular flexibility index (Phi) is 4.48. The molecule has 3 heteroatoms. The first kappa shape index (κ1) is 15.0. The molecule has 3 nitrogen and oxygen atoms in total. The van der Waals surface area contributed by atoms with E-state index in [1.807, 2.05) is 30.3 Å². The van der Waals surface area contributed by atoms with Gasteiger partial charge in [0.1, 0.15) is 0 Å². The van der Waals surface area contributed by atoms with Gasteiger partial charge in [0, 0.05) is 0 Å². The summed E-state index contributed by atoms with van der Waals surface area (Å²) in [4.78, 5) is 11.5. The molecule has 0 amide bonds. The SMILES string of the molecule is CC1CC(OC(C(=O)O)c2ccccc2)CC(C)(C)C1. The molecule has 1 fully saturated rings. The van der Waals surface area contributed by atoms with Crippen molar-refractivity contribution in [2.75, 3.05) is 0 Å². The maximum atomic E-state index is 11.5. The molecule has 3 atom stereocenters. The summed E-state index contributed by atoms with van der Waals surface area (Å²) in [6, 6.07) is 9.21. The number of carboxylic acids is 1. The van der Waals surface area contributed by atoms with E-state index in [9.17, 15) is 9.90 Å². The molecule has 0 aromatic heterocycles. The van der Waals surface area contributed by atoms with E-state index in [-0.39, 0.29) is 11.5 Å². The zero-order valence-corrected chi connectivity index (χ0v) is 12.5. The molecular formula is C17H24O3. The van der Waals surface area contributed by atoms with E-state index in [1.165, 1.54) is 6.42 Å². The molecule has 2 rings (SSSR count). The fraction of sp³-hybridized carbons (Fsp3) is 0.588. The van der Waals surface area contributed by atoms with Crippen molar-refractivity contribution in [3.8, 4) is 0 Å². The van der Waals surface area contributed by atoms with Crippen LogP contribution in [0.1, 0.15) is 51.7 Å². The smallest absolute Gasteiger partial charge is 0.337 e. The van der Waals surface area contributed by atoms with Crippen LogP contribution in [0.15, 0.2) is 30.3 Å². The Balaban J connectivity index is 2.11. The summed E-state index contributed by atoms with van der Waals surface area (Å²) >= 11 is 0. The molecule has 110 valence electrons. The monoisotopic (exact) mass is 276 g/mol. The molecular weight excluding hydrogens is 252 g/mol. The summed E-state index contributed by atoms with van der Waals surface area (Å²) in [5, 5.41) is 9.43. The molecule has 1 N–H and O–H groups in total. The fourth-order valence-corrected chi connectivity index (χ4v) is 3.46. The molecule has 1 aromatic carbocycles. The number of benzene rings is 1. The molecule has 0 aliphatic heterocycles. The highest BCUT2D eigenvalue weighted by Crippen LogP contribution is 2.41. The van der Waals surface area contributed by atoms with E-state index >= 15 is 0 Å². The second kappa shape index (κ2) is 5.96. The van der Waals surface area contributed by atoms with Crippen molar-refractivity contribution in [1.82, 2.24) is 0 Å². The summed E-state index contributed by atoms with van der Waals surface area (Å²) < 4.78 is 5.95. The predicted octanol–water partition coefficient (Wildman–Crippen LogP) is 4.04. The summed E-state index contributed by atoms with van der Waals surface area (Å²) in [5.41, 5.74) is 0.943. The van der Waals surface area contributed by atoms with E-state index in [0.717, 1.165) is 18.4 Å². The lowest BCUT2D eigenvalue weighted by Gasteiger charge is -2.39. The van der Waals surface area contributed by atoms with Crippen molar-refractivity contribution < 1.29 is 14.6 Å². The quantitative estimate of drug-likeness (QED) is 0.902. The van der Waals surface area contributed by atoms with Crippen molar-refractivity contribution >= 4 is 5.97 Å². The number of carboxylic acid groups (broad SMARTS) is 1. The van der Waals surface area contributed by atoms with Crippen LogP contribution >= 0.6 is 0 Å². The molecule has 0 spiro atoms. The predicted molar refractivity (Wildman–Crippen MR) is 78.5 cm³/mol. The number of hydrogen-bond donors (Lipinski definition) is 1. The lowest BCUT2D eigenvalue weighted by Crippen LogP contribution is -2.34. The zero-order chi connectivity index (χ0) is 14.8. The van der Waals surface area contributed by atoms with E-state index in [0.29, 0.717) is 5.92 Å². The van der Waals surface area contributed by atoms with E-state index in [1.54, 1.807) is 0 Å². The van der Waals surface area contributed by atoms with Gasteiger partial charge in [0.2, 0.25) is 0 Å². The summed E-state index contributed by atoms with van der Waals surface area (Å²) in [5.74, 6) is -0.332. The largest absolute Gasteiger partial charge is 0.479 e. The van der Waals surface area contributed by atoms with Crippen molar-refractivity contribution in [3.63, 3.8) is 0 Å². The van der Waals surface area contributed by atoms with Gasteiger partial charge in [-0.3, -0.25) is 0 Å². The molecule has 0 radical (unpaired) electrons. The standard InChI is InChI=1S/C17H24O3/c1-12-9-14(11-17(2,3)10-12)20-15(16(18)19)13-7-5-4-6-8-13/h4-8,12,14-15H,9-11H2,1-3H3,(H,18,19). The maximum absolute atomic E-state index is 11.5. The maximum Gasteiger partial charge on any atom is 0.337 e. The van der Waals surface area contributed by atoms with Crippen LogP contribution in [0.4, 0.5) is 0 Å². The number of aliphatic carboxylic acids is 1. The average Bonchev–Trinajstić information content (AvgIpc) is 2.34. The third kappa shape index (κ3) is 3.83. The Morgan fingerprint density at radius 1 is 1.30 bits per heavy atom. The lowest BCUT2D eigenvalue weighted by atomic mass is 9.71. The van der Waals surface area contributed by atoms with E-state index in [2.05, 4.69) is 20.8 Å². The zero-order valence-electron chi connectivity index (χ0n) is 12.5. The van der Waals surface area contributed by atoms with Crippen molar-refractivity contribution in [3.05, 3.63) is 35.9 Å². The van der Waals surface area contributed by atoms with Crippen LogP contribution in [0.5, 0.6) is 0 Å². The van der Waals surface area contributed by atoms with Gasteiger partial charge in [0.25, 0.3) is 0 Å². The number of hydrogen-bond acceptors (Lipinski definition) is 2. The highest BCUT2D eigenvalue weighted by atomic mass is 16.5. The Bertz CT molecular complexity index is 453. The Morgan fingerprint density at radius 2 is 1.95 bits per heavy atom. The first-order chi connectivity index (χ1) is 9.37. The Labute approximate surface area is 121 Å². The summed E-state index contributed by atoms with van der Waals surface area (Å²) in [6.45, 7) is 6.68. The summed E-state index contributed by atoms with van der Waals surface area (Å²) in [6.07, 6.45) is 2.21. The van der Waals surface area contributed by atoms with Gasteiger partial charge in [0.15, 0.2) is 6.10 Å². The van der Waals surface area contributed by atoms with Crippen LogP contribution < -0.4 is 0 Å². The van der Waals surface area contributed by atoms with Crippen LogP contribution in [0.3, 0.4) is 0 Å². The second-order valence-corrected chi connectivity index (χ2v) is 6.80.